The molecule has 5 heteroatoms. The van der Waals surface area contributed by atoms with Crippen molar-refractivity contribution in [2.24, 2.45) is 5.92 Å². The van der Waals surface area contributed by atoms with Crippen LogP contribution in [0.4, 0.5) is 0 Å². The van der Waals surface area contributed by atoms with E-state index in [1.54, 1.807) is 30.8 Å². The Morgan fingerprint density at radius 1 is 1.11 bits per heavy atom. The number of nitrogens with zero attached hydrogens (tertiary/aromatic N) is 2. The second-order valence-electron chi connectivity index (χ2n) is 5.41. The van der Waals surface area contributed by atoms with Gasteiger partial charge < -0.3 is 10.0 Å². The average Bonchev–Trinajstić information content (AvgIpc) is 2.25. The van der Waals surface area contributed by atoms with E-state index >= 15 is 0 Å². The standard InChI is InChI=1S/C13H26N2O3/c1-9(2)7-10(3)15(6)12(16)8-14(5)11(4)13(17)18/h9-11H,7-8H2,1-6H3,(H,17,18). The molecule has 0 fully saturated rings. The molecule has 0 aromatic heterocycles. The molecule has 2 atom stereocenters. The zero-order valence-electron chi connectivity index (χ0n) is 12.3. The number of amides is 1. The molecule has 18 heavy (non-hydrogen) atoms. The Morgan fingerprint density at radius 2 is 1.61 bits per heavy atom. The molecular formula is C13H26N2O3. The summed E-state index contributed by atoms with van der Waals surface area (Å²) in [6.07, 6.45) is 0.945. The number of hydrogen-bond acceptors (Lipinski definition) is 3. The van der Waals surface area contributed by atoms with Crippen LogP contribution in [0.1, 0.15) is 34.1 Å². The predicted molar refractivity (Wildman–Crippen MR) is 71.4 cm³/mol. The average molecular weight is 258 g/mol. The van der Waals surface area contributed by atoms with Gasteiger partial charge in [0.2, 0.25) is 5.91 Å². The van der Waals surface area contributed by atoms with E-state index in [1.165, 1.54) is 0 Å². The van der Waals surface area contributed by atoms with Gasteiger partial charge >= 0.3 is 5.97 Å². The maximum atomic E-state index is 12.0. The fraction of sp³-hybridized carbons (Fsp3) is 0.846. The summed E-state index contributed by atoms with van der Waals surface area (Å²) in [5.74, 6) is -0.423. The van der Waals surface area contributed by atoms with Crippen LogP contribution in [0.25, 0.3) is 0 Å². The van der Waals surface area contributed by atoms with Gasteiger partial charge in [-0.1, -0.05) is 13.8 Å². The molecule has 106 valence electrons. The molecule has 0 spiro atoms. The van der Waals surface area contributed by atoms with Crippen LogP contribution in [-0.4, -0.2) is 59.5 Å². The van der Waals surface area contributed by atoms with Crippen molar-refractivity contribution in [3.63, 3.8) is 0 Å². The Labute approximate surface area is 110 Å². The fourth-order valence-corrected chi connectivity index (χ4v) is 1.74. The molecule has 0 saturated carbocycles. The Morgan fingerprint density at radius 3 is 2.00 bits per heavy atom. The highest BCUT2D eigenvalue weighted by atomic mass is 16.4. The van der Waals surface area contributed by atoms with E-state index < -0.39 is 12.0 Å². The van der Waals surface area contributed by atoms with Gasteiger partial charge in [0.05, 0.1) is 6.54 Å². The zero-order chi connectivity index (χ0) is 14.5. The third-order valence-corrected chi connectivity index (χ3v) is 3.27. The lowest BCUT2D eigenvalue weighted by atomic mass is 10.0. The summed E-state index contributed by atoms with van der Waals surface area (Å²) in [4.78, 5) is 26.0. The minimum Gasteiger partial charge on any atom is -0.480 e. The van der Waals surface area contributed by atoms with Crippen molar-refractivity contribution < 1.29 is 14.7 Å². The first-order valence-electron chi connectivity index (χ1n) is 6.35. The molecule has 0 saturated heterocycles. The maximum absolute atomic E-state index is 12.0. The Hall–Kier alpha value is -1.10. The molecule has 1 N–H and O–H groups in total. The SMILES string of the molecule is CC(C)CC(C)N(C)C(=O)CN(C)C(C)C(=O)O. The van der Waals surface area contributed by atoms with Crippen LogP contribution >= 0.6 is 0 Å². The molecule has 5 nitrogen and oxygen atoms in total. The second kappa shape index (κ2) is 7.36. The quantitative estimate of drug-likeness (QED) is 0.747. The largest absolute Gasteiger partial charge is 0.480 e. The second-order valence-corrected chi connectivity index (χ2v) is 5.41. The minimum atomic E-state index is -0.914. The number of carbonyl (C=O) groups is 2. The lowest BCUT2D eigenvalue weighted by molar-refractivity contribution is -0.143. The molecule has 0 rings (SSSR count). The predicted octanol–water partition coefficient (Wildman–Crippen LogP) is 1.28. The topological polar surface area (TPSA) is 60.9 Å². The fourth-order valence-electron chi connectivity index (χ4n) is 1.74. The number of carboxylic acids is 1. The van der Waals surface area contributed by atoms with Gasteiger partial charge in [0.1, 0.15) is 6.04 Å². The molecule has 0 heterocycles. The van der Waals surface area contributed by atoms with Gasteiger partial charge in [0.15, 0.2) is 0 Å². The summed E-state index contributed by atoms with van der Waals surface area (Å²) in [5, 5.41) is 8.87. The van der Waals surface area contributed by atoms with Crippen LogP contribution in [0, 0.1) is 5.92 Å². The summed E-state index contributed by atoms with van der Waals surface area (Å²) < 4.78 is 0. The summed E-state index contributed by atoms with van der Waals surface area (Å²) in [6, 6.07) is -0.478. The normalized spacial score (nSPS) is 14.7. The van der Waals surface area contributed by atoms with Crippen LogP contribution in [-0.2, 0) is 9.59 Å². The summed E-state index contributed by atoms with van der Waals surface area (Å²) >= 11 is 0. The van der Waals surface area contributed by atoms with Gasteiger partial charge in [0.25, 0.3) is 0 Å². The van der Waals surface area contributed by atoms with E-state index in [0.717, 1.165) is 6.42 Å². The molecule has 0 radical (unpaired) electrons. The van der Waals surface area contributed by atoms with E-state index in [2.05, 4.69) is 13.8 Å². The van der Waals surface area contributed by atoms with E-state index in [-0.39, 0.29) is 18.5 Å². The Balaban J connectivity index is 4.35. The van der Waals surface area contributed by atoms with E-state index in [4.69, 9.17) is 5.11 Å². The van der Waals surface area contributed by atoms with Gasteiger partial charge in [-0.15, -0.1) is 0 Å². The molecule has 0 aliphatic heterocycles. The number of carboxylic acid groups (broad SMARTS) is 1. The summed E-state index contributed by atoms with van der Waals surface area (Å²) in [7, 11) is 3.42. The highest BCUT2D eigenvalue weighted by molar-refractivity contribution is 5.79. The molecule has 0 aliphatic rings. The Kier molecular flexibility index (Phi) is 6.91. The maximum Gasteiger partial charge on any atom is 0.320 e. The molecule has 0 aromatic rings. The van der Waals surface area contributed by atoms with Crippen molar-refractivity contribution in [2.45, 2.75) is 46.2 Å². The van der Waals surface area contributed by atoms with E-state index in [0.29, 0.717) is 5.92 Å². The number of hydrogen-bond donors (Lipinski definition) is 1. The van der Waals surface area contributed by atoms with E-state index in [9.17, 15) is 9.59 Å². The summed E-state index contributed by atoms with van der Waals surface area (Å²) in [5.41, 5.74) is 0. The number of likely N-dealkylation sites (N-methyl/N-ethyl adjacent to an activating group) is 2. The molecule has 2 unspecified atom stereocenters. The summed E-state index contributed by atoms with van der Waals surface area (Å²) in [6.45, 7) is 7.96. The molecule has 0 aliphatic carbocycles. The van der Waals surface area contributed by atoms with Crippen molar-refractivity contribution in [2.75, 3.05) is 20.6 Å². The monoisotopic (exact) mass is 258 g/mol. The molecule has 0 aromatic carbocycles. The van der Waals surface area contributed by atoms with Gasteiger partial charge in [-0.3, -0.25) is 14.5 Å². The van der Waals surface area contributed by atoms with Gasteiger partial charge in [-0.05, 0) is 33.2 Å². The van der Waals surface area contributed by atoms with Crippen molar-refractivity contribution in [3.8, 4) is 0 Å². The number of rotatable bonds is 7. The Bertz CT molecular complexity index is 292. The van der Waals surface area contributed by atoms with Gasteiger partial charge in [-0.2, -0.15) is 0 Å². The van der Waals surface area contributed by atoms with Crippen LogP contribution in [0.3, 0.4) is 0 Å². The lowest BCUT2D eigenvalue weighted by Crippen LogP contribution is -2.45. The highest BCUT2D eigenvalue weighted by Gasteiger charge is 2.22. The zero-order valence-corrected chi connectivity index (χ0v) is 12.3. The van der Waals surface area contributed by atoms with Crippen LogP contribution in [0.15, 0.2) is 0 Å². The highest BCUT2D eigenvalue weighted by Crippen LogP contribution is 2.10. The molecule has 1 amide bonds. The first kappa shape index (κ1) is 16.9. The van der Waals surface area contributed by atoms with Gasteiger partial charge in [-0.25, -0.2) is 0 Å². The first-order chi connectivity index (χ1) is 8.16. The molecule has 0 bridgehead atoms. The van der Waals surface area contributed by atoms with Crippen molar-refractivity contribution in [1.29, 1.82) is 0 Å². The van der Waals surface area contributed by atoms with E-state index in [1.807, 2.05) is 6.92 Å². The first-order valence-corrected chi connectivity index (χ1v) is 6.35. The third-order valence-electron chi connectivity index (χ3n) is 3.27. The number of aliphatic carboxylic acids is 1. The minimum absolute atomic E-state index is 0.0428. The van der Waals surface area contributed by atoms with Crippen molar-refractivity contribution in [1.82, 2.24) is 9.80 Å². The lowest BCUT2D eigenvalue weighted by Gasteiger charge is -2.29. The van der Waals surface area contributed by atoms with Crippen LogP contribution in [0.5, 0.6) is 0 Å². The van der Waals surface area contributed by atoms with Crippen LogP contribution < -0.4 is 0 Å². The molecular weight excluding hydrogens is 232 g/mol. The smallest absolute Gasteiger partial charge is 0.320 e. The van der Waals surface area contributed by atoms with Crippen molar-refractivity contribution >= 4 is 11.9 Å². The number of carbonyl (C=O) groups excluding carboxylic acids is 1. The third kappa shape index (κ3) is 5.49. The van der Waals surface area contributed by atoms with Gasteiger partial charge in [0, 0.05) is 13.1 Å². The van der Waals surface area contributed by atoms with Crippen molar-refractivity contribution in [3.05, 3.63) is 0 Å². The van der Waals surface area contributed by atoms with Crippen LogP contribution in [0.2, 0.25) is 0 Å².